The van der Waals surface area contributed by atoms with Gasteiger partial charge >= 0.3 is 12.2 Å². The number of alkyl halides is 3. The van der Waals surface area contributed by atoms with Crippen LogP contribution < -0.4 is 10.6 Å². The van der Waals surface area contributed by atoms with Gasteiger partial charge in [0.2, 0.25) is 5.88 Å². The molecule has 1 aromatic heterocycles. The maximum atomic E-state index is 12.7. The number of aromatic hydroxyl groups is 1. The van der Waals surface area contributed by atoms with Crippen molar-refractivity contribution in [2.24, 2.45) is 0 Å². The molecule has 116 valence electrons. The summed E-state index contributed by atoms with van der Waals surface area (Å²) >= 11 is 5.48. The van der Waals surface area contributed by atoms with E-state index in [9.17, 15) is 18.0 Å². The Morgan fingerprint density at radius 1 is 1.14 bits per heavy atom. The highest BCUT2D eigenvalue weighted by atomic mass is 35.5. The second kappa shape index (κ2) is 6.10. The molecule has 0 saturated carbocycles. The Kier molecular flexibility index (Phi) is 4.41. The highest BCUT2D eigenvalue weighted by molar-refractivity contribution is 6.31. The normalized spacial score (nSPS) is 11.1. The fraction of sp³-hybridized carbons (Fsp3) is 0.0769. The SMILES string of the molecule is O=C(Nc1ccc(O)nc1)Nc1ccc(Cl)c(C(F)(F)F)c1. The Morgan fingerprint density at radius 3 is 2.36 bits per heavy atom. The third-order valence-corrected chi connectivity index (χ3v) is 2.86. The van der Waals surface area contributed by atoms with Crippen LogP contribution in [0, 0.1) is 0 Å². The molecule has 0 saturated heterocycles. The predicted octanol–water partition coefficient (Wildman–Crippen LogP) is 4.10. The van der Waals surface area contributed by atoms with Gasteiger partial charge in [0.25, 0.3) is 0 Å². The first-order chi connectivity index (χ1) is 10.3. The molecule has 1 aromatic carbocycles. The summed E-state index contributed by atoms with van der Waals surface area (Å²) in [4.78, 5) is 15.2. The Hall–Kier alpha value is -2.48. The number of nitrogens with zero attached hydrogens (tertiary/aromatic N) is 1. The molecule has 0 spiro atoms. The van der Waals surface area contributed by atoms with Gasteiger partial charge in [-0.2, -0.15) is 13.2 Å². The van der Waals surface area contributed by atoms with Gasteiger partial charge in [-0.1, -0.05) is 11.6 Å². The van der Waals surface area contributed by atoms with Gasteiger partial charge in [0, 0.05) is 11.8 Å². The zero-order chi connectivity index (χ0) is 16.3. The smallest absolute Gasteiger partial charge is 0.417 e. The molecule has 1 heterocycles. The van der Waals surface area contributed by atoms with Crippen molar-refractivity contribution in [2.45, 2.75) is 6.18 Å². The molecule has 0 aliphatic rings. The molecule has 0 aliphatic heterocycles. The van der Waals surface area contributed by atoms with Crippen molar-refractivity contribution < 1.29 is 23.1 Å². The van der Waals surface area contributed by atoms with Crippen LogP contribution in [0.4, 0.5) is 29.3 Å². The number of benzene rings is 1. The van der Waals surface area contributed by atoms with Crippen molar-refractivity contribution in [3.63, 3.8) is 0 Å². The van der Waals surface area contributed by atoms with E-state index in [1.165, 1.54) is 24.4 Å². The van der Waals surface area contributed by atoms with Crippen molar-refractivity contribution in [1.29, 1.82) is 0 Å². The summed E-state index contributed by atoms with van der Waals surface area (Å²) in [5.74, 6) is -0.224. The number of hydrogen-bond acceptors (Lipinski definition) is 3. The van der Waals surface area contributed by atoms with Gasteiger partial charge in [-0.3, -0.25) is 0 Å². The monoisotopic (exact) mass is 331 g/mol. The number of nitrogens with one attached hydrogen (secondary N) is 2. The van der Waals surface area contributed by atoms with Crippen molar-refractivity contribution in [3.05, 3.63) is 47.1 Å². The predicted molar refractivity (Wildman–Crippen MR) is 75.0 cm³/mol. The number of urea groups is 1. The van der Waals surface area contributed by atoms with Crippen LogP contribution in [0.25, 0.3) is 0 Å². The molecule has 0 fully saturated rings. The summed E-state index contributed by atoms with van der Waals surface area (Å²) in [6, 6.07) is 4.89. The molecule has 0 radical (unpaired) electrons. The highest BCUT2D eigenvalue weighted by Crippen LogP contribution is 2.36. The molecular formula is C13H9ClF3N3O2. The third-order valence-electron chi connectivity index (χ3n) is 2.54. The Labute approximate surface area is 127 Å². The van der Waals surface area contributed by atoms with Gasteiger partial charge in [-0.25, -0.2) is 9.78 Å². The van der Waals surface area contributed by atoms with E-state index >= 15 is 0 Å². The quantitative estimate of drug-likeness (QED) is 0.775. The molecule has 22 heavy (non-hydrogen) atoms. The second-order valence-electron chi connectivity index (χ2n) is 4.18. The summed E-state index contributed by atoms with van der Waals surface area (Å²) < 4.78 is 38.1. The Balaban J connectivity index is 2.10. The number of halogens is 4. The molecule has 3 N–H and O–H groups in total. The number of carbonyl (C=O) groups is 1. The van der Waals surface area contributed by atoms with E-state index in [4.69, 9.17) is 16.7 Å². The molecule has 0 bridgehead atoms. The first kappa shape index (κ1) is 15.9. The zero-order valence-electron chi connectivity index (χ0n) is 10.8. The van der Waals surface area contributed by atoms with E-state index in [1.807, 2.05) is 0 Å². The molecule has 5 nitrogen and oxygen atoms in total. The summed E-state index contributed by atoms with van der Waals surface area (Å²) in [6.45, 7) is 0. The van der Waals surface area contributed by atoms with E-state index in [0.29, 0.717) is 0 Å². The Bertz CT molecular complexity index is 690. The minimum atomic E-state index is -4.62. The lowest BCUT2D eigenvalue weighted by Gasteiger charge is -2.12. The van der Waals surface area contributed by atoms with Gasteiger partial charge in [0.05, 0.1) is 22.5 Å². The van der Waals surface area contributed by atoms with Crippen LogP contribution in [0.2, 0.25) is 5.02 Å². The zero-order valence-corrected chi connectivity index (χ0v) is 11.5. The molecule has 2 amide bonds. The second-order valence-corrected chi connectivity index (χ2v) is 4.58. The van der Waals surface area contributed by atoms with Crippen LogP contribution in [0.15, 0.2) is 36.5 Å². The number of anilines is 2. The molecule has 0 unspecified atom stereocenters. The average Bonchev–Trinajstić information content (AvgIpc) is 2.42. The summed E-state index contributed by atoms with van der Waals surface area (Å²) in [7, 11) is 0. The number of amides is 2. The minimum absolute atomic E-state index is 0.0686. The number of aromatic nitrogens is 1. The van der Waals surface area contributed by atoms with Crippen LogP contribution in [0.3, 0.4) is 0 Å². The van der Waals surface area contributed by atoms with Crippen molar-refractivity contribution in [2.75, 3.05) is 10.6 Å². The van der Waals surface area contributed by atoms with Gasteiger partial charge in [-0.05, 0) is 24.3 Å². The largest absolute Gasteiger partial charge is 0.493 e. The first-order valence-corrected chi connectivity index (χ1v) is 6.23. The summed E-state index contributed by atoms with van der Waals surface area (Å²) in [5.41, 5.74) is -0.848. The maximum absolute atomic E-state index is 12.7. The lowest BCUT2D eigenvalue weighted by Crippen LogP contribution is -2.20. The fourth-order valence-corrected chi connectivity index (χ4v) is 1.80. The van der Waals surface area contributed by atoms with Crippen molar-refractivity contribution in [1.82, 2.24) is 4.98 Å². The van der Waals surface area contributed by atoms with Crippen LogP contribution in [-0.4, -0.2) is 16.1 Å². The number of pyridine rings is 1. The van der Waals surface area contributed by atoms with Crippen molar-refractivity contribution in [3.8, 4) is 5.88 Å². The van der Waals surface area contributed by atoms with E-state index in [1.54, 1.807) is 0 Å². The van der Waals surface area contributed by atoms with Crippen LogP contribution in [0.5, 0.6) is 5.88 Å². The lowest BCUT2D eigenvalue weighted by atomic mass is 10.2. The average molecular weight is 332 g/mol. The van der Waals surface area contributed by atoms with Gasteiger partial charge in [0.15, 0.2) is 0 Å². The van der Waals surface area contributed by atoms with E-state index in [0.717, 1.165) is 12.1 Å². The molecule has 0 aliphatic carbocycles. The summed E-state index contributed by atoms with van der Waals surface area (Å²) in [6.07, 6.45) is -3.43. The molecule has 2 aromatic rings. The molecular weight excluding hydrogens is 323 g/mol. The molecule has 0 atom stereocenters. The molecule has 2 rings (SSSR count). The molecule has 9 heteroatoms. The maximum Gasteiger partial charge on any atom is 0.417 e. The topological polar surface area (TPSA) is 74.2 Å². The lowest BCUT2D eigenvalue weighted by molar-refractivity contribution is -0.137. The van der Waals surface area contributed by atoms with Crippen LogP contribution in [0.1, 0.15) is 5.56 Å². The number of carbonyl (C=O) groups excluding carboxylic acids is 1. The van der Waals surface area contributed by atoms with E-state index in [-0.39, 0.29) is 17.3 Å². The number of rotatable bonds is 2. The number of hydrogen-bond donors (Lipinski definition) is 3. The van der Waals surface area contributed by atoms with Gasteiger partial charge in [0.1, 0.15) is 0 Å². The standard InChI is InChI=1S/C13H9ClF3N3O2/c14-10-3-1-7(5-9(10)13(15,16)17)19-12(22)20-8-2-4-11(21)18-6-8/h1-6H,(H,18,21)(H2,19,20,22). The van der Waals surface area contributed by atoms with Crippen molar-refractivity contribution >= 4 is 29.0 Å². The summed E-state index contributed by atoms with van der Waals surface area (Å²) in [5, 5.41) is 13.1. The van der Waals surface area contributed by atoms with Gasteiger partial charge in [-0.15, -0.1) is 0 Å². The minimum Gasteiger partial charge on any atom is -0.493 e. The van der Waals surface area contributed by atoms with Crippen LogP contribution >= 0.6 is 11.6 Å². The van der Waals surface area contributed by atoms with E-state index < -0.39 is 22.8 Å². The fourth-order valence-electron chi connectivity index (χ4n) is 1.57. The highest BCUT2D eigenvalue weighted by Gasteiger charge is 2.33. The Morgan fingerprint density at radius 2 is 1.77 bits per heavy atom. The first-order valence-electron chi connectivity index (χ1n) is 5.85. The van der Waals surface area contributed by atoms with Crippen LogP contribution in [-0.2, 0) is 6.18 Å². The third kappa shape index (κ3) is 4.01. The van der Waals surface area contributed by atoms with Gasteiger partial charge < -0.3 is 15.7 Å². The van der Waals surface area contributed by atoms with E-state index in [2.05, 4.69) is 15.6 Å².